The summed E-state index contributed by atoms with van der Waals surface area (Å²) in [6, 6.07) is 0. The zero-order chi connectivity index (χ0) is 14.8. The third-order valence-electron chi connectivity index (χ3n) is 4.23. The molecule has 20 heavy (non-hydrogen) atoms. The third kappa shape index (κ3) is 4.43. The summed E-state index contributed by atoms with van der Waals surface area (Å²) in [6.07, 6.45) is 5.02. The van der Waals surface area contributed by atoms with Gasteiger partial charge in [-0.05, 0) is 43.4 Å². The molecule has 0 aromatic heterocycles. The molecule has 0 amide bonds. The molecule has 2 aliphatic rings. The van der Waals surface area contributed by atoms with Crippen molar-refractivity contribution in [2.75, 3.05) is 27.2 Å². The predicted octanol–water partition coefficient (Wildman–Crippen LogP) is 0.752. The van der Waals surface area contributed by atoms with Crippen LogP contribution in [-0.2, 0) is 19.7 Å². The zero-order valence-corrected chi connectivity index (χ0v) is 13.0. The van der Waals surface area contributed by atoms with Crippen molar-refractivity contribution < 1.29 is 17.9 Å². The molecule has 116 valence electrons. The first-order valence-electron chi connectivity index (χ1n) is 7.21. The van der Waals surface area contributed by atoms with Crippen LogP contribution in [-0.4, -0.2) is 45.9 Å². The van der Waals surface area contributed by atoms with E-state index in [1.807, 2.05) is 0 Å². The molecular weight excluding hydrogens is 280 g/mol. The van der Waals surface area contributed by atoms with E-state index in [4.69, 9.17) is 0 Å². The van der Waals surface area contributed by atoms with E-state index in [0.29, 0.717) is 24.3 Å². The summed E-state index contributed by atoms with van der Waals surface area (Å²) in [5.74, 6) is 1.52. The maximum atomic E-state index is 12.1. The first kappa shape index (κ1) is 15.7. The molecule has 0 saturated heterocycles. The lowest BCUT2D eigenvalue weighted by Gasteiger charge is -2.20. The highest BCUT2D eigenvalue weighted by atomic mass is 32.2. The Hall–Kier alpha value is -0.660. The van der Waals surface area contributed by atoms with Crippen molar-refractivity contribution in [2.45, 2.75) is 32.1 Å². The maximum absolute atomic E-state index is 12.1. The van der Waals surface area contributed by atoms with Crippen LogP contribution in [0.2, 0.25) is 0 Å². The van der Waals surface area contributed by atoms with Gasteiger partial charge in [-0.15, -0.1) is 0 Å². The first-order valence-corrected chi connectivity index (χ1v) is 8.66. The fourth-order valence-electron chi connectivity index (χ4n) is 2.55. The summed E-state index contributed by atoms with van der Waals surface area (Å²) in [4.78, 5) is 11.0. The minimum atomic E-state index is -3.50. The minimum Gasteiger partial charge on any atom is -0.469 e. The Morgan fingerprint density at radius 3 is 2.30 bits per heavy atom. The number of ether oxygens (including phenoxy) is 1. The van der Waals surface area contributed by atoms with E-state index in [1.165, 1.54) is 44.1 Å². The number of carbonyl (C=O) groups is 1. The van der Waals surface area contributed by atoms with Gasteiger partial charge in [-0.25, -0.2) is 4.72 Å². The Kier molecular flexibility index (Phi) is 5.04. The van der Waals surface area contributed by atoms with E-state index >= 15 is 0 Å². The fourth-order valence-corrected chi connectivity index (χ4v) is 3.50. The average Bonchev–Trinajstić information content (AvgIpc) is 3.26. The third-order valence-corrected chi connectivity index (χ3v) is 5.76. The Morgan fingerprint density at radius 2 is 1.85 bits per heavy atom. The summed E-state index contributed by atoms with van der Waals surface area (Å²) in [7, 11) is -0.718. The van der Waals surface area contributed by atoms with Crippen molar-refractivity contribution in [3.8, 4) is 0 Å². The van der Waals surface area contributed by atoms with E-state index in [-0.39, 0.29) is 13.0 Å². The van der Waals surface area contributed by atoms with Gasteiger partial charge < -0.3 is 4.74 Å². The highest BCUT2D eigenvalue weighted by Crippen LogP contribution is 2.48. The van der Waals surface area contributed by atoms with Gasteiger partial charge in [0.2, 0.25) is 0 Å². The van der Waals surface area contributed by atoms with Crippen LogP contribution in [0.1, 0.15) is 32.1 Å². The van der Waals surface area contributed by atoms with Crippen LogP contribution in [0.4, 0.5) is 0 Å². The summed E-state index contributed by atoms with van der Waals surface area (Å²) in [5, 5.41) is 0. The first-order chi connectivity index (χ1) is 9.44. The second-order valence-electron chi connectivity index (χ2n) is 5.84. The maximum Gasteiger partial charge on any atom is 0.306 e. The molecule has 0 atom stereocenters. The van der Waals surface area contributed by atoms with Gasteiger partial charge in [0.25, 0.3) is 10.2 Å². The lowest BCUT2D eigenvalue weighted by Crippen LogP contribution is -2.41. The molecular formula is C13H24N2O4S. The molecule has 2 rings (SSSR count). The van der Waals surface area contributed by atoms with E-state index in [2.05, 4.69) is 9.46 Å². The van der Waals surface area contributed by atoms with Gasteiger partial charge in [0, 0.05) is 20.1 Å². The number of carbonyl (C=O) groups excluding carboxylic acids is 1. The second kappa shape index (κ2) is 6.41. The average molecular weight is 304 g/mol. The van der Waals surface area contributed by atoms with Crippen LogP contribution < -0.4 is 4.72 Å². The molecule has 1 N–H and O–H groups in total. The normalized spacial score (nSPS) is 19.6. The summed E-state index contributed by atoms with van der Waals surface area (Å²) in [5.41, 5.74) is 0. The molecule has 2 saturated carbocycles. The number of nitrogens with one attached hydrogen (secondary N) is 1. The van der Waals surface area contributed by atoms with Crippen LogP contribution in [0, 0.1) is 17.8 Å². The molecule has 0 unspecified atom stereocenters. The molecule has 0 bridgehead atoms. The van der Waals surface area contributed by atoms with E-state index in [1.54, 1.807) is 0 Å². The molecule has 0 aliphatic heterocycles. The lowest BCUT2D eigenvalue weighted by molar-refractivity contribution is -0.140. The number of nitrogens with zero attached hydrogens (tertiary/aromatic N) is 1. The minimum absolute atomic E-state index is 0.0720. The van der Waals surface area contributed by atoms with E-state index < -0.39 is 16.2 Å². The van der Waals surface area contributed by atoms with Crippen molar-refractivity contribution in [2.24, 2.45) is 17.8 Å². The Morgan fingerprint density at radius 1 is 1.30 bits per heavy atom. The van der Waals surface area contributed by atoms with Crippen molar-refractivity contribution in [1.29, 1.82) is 0 Å². The van der Waals surface area contributed by atoms with Crippen LogP contribution in [0.5, 0.6) is 0 Å². The summed E-state index contributed by atoms with van der Waals surface area (Å²) < 4.78 is 32.5. The van der Waals surface area contributed by atoms with Crippen molar-refractivity contribution in [3.63, 3.8) is 0 Å². The number of methoxy groups -OCH3 is 1. The van der Waals surface area contributed by atoms with E-state index in [0.717, 1.165) is 0 Å². The molecule has 0 heterocycles. The van der Waals surface area contributed by atoms with Crippen LogP contribution in [0.25, 0.3) is 0 Å². The highest BCUT2D eigenvalue weighted by Gasteiger charge is 2.41. The van der Waals surface area contributed by atoms with Gasteiger partial charge in [0.1, 0.15) is 0 Å². The smallest absolute Gasteiger partial charge is 0.306 e. The molecule has 7 heteroatoms. The van der Waals surface area contributed by atoms with Gasteiger partial charge in [0.15, 0.2) is 0 Å². The van der Waals surface area contributed by atoms with Gasteiger partial charge in [-0.2, -0.15) is 12.7 Å². The van der Waals surface area contributed by atoms with E-state index in [9.17, 15) is 13.2 Å². The fraction of sp³-hybridized carbons (Fsp3) is 0.923. The van der Waals surface area contributed by atoms with Gasteiger partial charge >= 0.3 is 5.97 Å². The second-order valence-corrected chi connectivity index (χ2v) is 7.70. The molecule has 0 aromatic carbocycles. The van der Waals surface area contributed by atoms with Crippen LogP contribution >= 0.6 is 0 Å². The number of rotatable bonds is 9. The van der Waals surface area contributed by atoms with Crippen molar-refractivity contribution in [3.05, 3.63) is 0 Å². The molecule has 6 nitrogen and oxygen atoms in total. The monoisotopic (exact) mass is 304 g/mol. The largest absolute Gasteiger partial charge is 0.469 e. The SMILES string of the molecule is COC(=O)CCN(C)S(=O)(=O)NCC(C1CC1)C1CC1. The quantitative estimate of drug-likeness (QED) is 0.638. The van der Waals surface area contributed by atoms with Gasteiger partial charge in [0.05, 0.1) is 13.5 Å². The molecule has 0 spiro atoms. The van der Waals surface area contributed by atoms with Crippen molar-refractivity contribution in [1.82, 2.24) is 9.03 Å². The molecule has 0 radical (unpaired) electrons. The topological polar surface area (TPSA) is 75.7 Å². The van der Waals surface area contributed by atoms with Crippen LogP contribution in [0.15, 0.2) is 0 Å². The Bertz CT molecular complexity index is 431. The summed E-state index contributed by atoms with van der Waals surface area (Å²) in [6.45, 7) is 0.666. The summed E-state index contributed by atoms with van der Waals surface area (Å²) >= 11 is 0. The molecule has 0 aromatic rings. The lowest BCUT2D eigenvalue weighted by atomic mass is 9.99. The van der Waals surface area contributed by atoms with Crippen LogP contribution in [0.3, 0.4) is 0 Å². The molecule has 2 aliphatic carbocycles. The van der Waals surface area contributed by atoms with Gasteiger partial charge in [-0.3, -0.25) is 4.79 Å². The Balaban J connectivity index is 1.78. The van der Waals surface area contributed by atoms with Gasteiger partial charge in [-0.1, -0.05) is 0 Å². The number of esters is 1. The predicted molar refractivity (Wildman–Crippen MR) is 75.1 cm³/mol. The van der Waals surface area contributed by atoms with Crippen molar-refractivity contribution >= 4 is 16.2 Å². The highest BCUT2D eigenvalue weighted by molar-refractivity contribution is 7.87. The Labute approximate surface area is 121 Å². The standard InChI is InChI=1S/C13H24N2O4S/c1-15(8-7-13(16)19-2)20(17,18)14-9-12(10-3-4-10)11-5-6-11/h10-12,14H,3-9H2,1-2H3. The number of hydrogen-bond acceptors (Lipinski definition) is 4. The molecule has 2 fully saturated rings. The number of hydrogen-bond donors (Lipinski definition) is 1. The zero-order valence-electron chi connectivity index (χ0n) is 12.2.